The van der Waals surface area contributed by atoms with Crippen LogP contribution >= 0.6 is 0 Å². The number of nitrogens with zero attached hydrogens (tertiary/aromatic N) is 2. The number of nitro groups is 1. The highest BCUT2D eigenvalue weighted by atomic mass is 32.2. The van der Waals surface area contributed by atoms with E-state index in [9.17, 15) is 18.5 Å². The van der Waals surface area contributed by atoms with Crippen LogP contribution in [-0.4, -0.2) is 36.1 Å². The Hall–Kier alpha value is -1.58. The Morgan fingerprint density at radius 3 is 2.65 bits per heavy atom. The van der Waals surface area contributed by atoms with Crippen molar-refractivity contribution >= 4 is 15.8 Å². The number of hydrogen-bond donors (Lipinski definition) is 2. The molecule has 8 nitrogen and oxygen atoms in total. The SMILES string of the molecule is C[C@H](O)CNS(=O)(=O)c1ccc([N+](=O)[O-])nc1. The average Bonchev–Trinajstić information content (AvgIpc) is 2.27. The summed E-state index contributed by atoms with van der Waals surface area (Å²) in [6.07, 6.45) is 0.0680. The predicted molar refractivity (Wildman–Crippen MR) is 57.8 cm³/mol. The average molecular weight is 261 g/mol. The third-order valence-electron chi connectivity index (χ3n) is 1.79. The summed E-state index contributed by atoms with van der Waals surface area (Å²) in [5, 5.41) is 19.3. The summed E-state index contributed by atoms with van der Waals surface area (Å²) in [5.74, 6) is -0.431. The number of pyridine rings is 1. The fourth-order valence-corrected chi connectivity index (χ4v) is 2.02. The second-order valence-electron chi connectivity index (χ2n) is 3.31. The molecule has 0 radical (unpaired) electrons. The van der Waals surface area contributed by atoms with Crippen molar-refractivity contribution in [3.8, 4) is 0 Å². The third kappa shape index (κ3) is 3.73. The van der Waals surface area contributed by atoms with E-state index in [1.54, 1.807) is 0 Å². The van der Waals surface area contributed by atoms with Gasteiger partial charge in [-0.1, -0.05) is 0 Å². The van der Waals surface area contributed by atoms with Crippen LogP contribution < -0.4 is 4.72 Å². The largest absolute Gasteiger partial charge is 0.392 e. The van der Waals surface area contributed by atoms with Crippen molar-refractivity contribution in [1.82, 2.24) is 9.71 Å². The first kappa shape index (κ1) is 13.5. The number of aliphatic hydroxyl groups is 1. The van der Waals surface area contributed by atoms with Gasteiger partial charge in [0.25, 0.3) is 0 Å². The maximum atomic E-state index is 11.6. The molecule has 1 aromatic heterocycles. The highest BCUT2D eigenvalue weighted by Crippen LogP contribution is 2.11. The standard InChI is InChI=1S/C8H11N3O5S/c1-6(12)4-10-17(15,16)7-2-3-8(9-5-7)11(13)14/h2-3,5-6,10,12H,4H2,1H3/t6-/m0/s1. The molecule has 0 saturated carbocycles. The molecule has 0 aliphatic heterocycles. The molecule has 0 bridgehead atoms. The Morgan fingerprint density at radius 1 is 1.59 bits per heavy atom. The van der Waals surface area contributed by atoms with E-state index in [0.29, 0.717) is 0 Å². The Balaban J connectivity index is 2.89. The van der Waals surface area contributed by atoms with Gasteiger partial charge < -0.3 is 15.2 Å². The zero-order valence-electron chi connectivity index (χ0n) is 8.90. The van der Waals surface area contributed by atoms with E-state index in [0.717, 1.165) is 18.3 Å². The van der Waals surface area contributed by atoms with Gasteiger partial charge >= 0.3 is 5.82 Å². The molecular formula is C8H11N3O5S. The van der Waals surface area contributed by atoms with Crippen molar-refractivity contribution in [2.75, 3.05) is 6.54 Å². The normalized spacial score (nSPS) is 13.3. The monoisotopic (exact) mass is 261 g/mol. The lowest BCUT2D eigenvalue weighted by Crippen LogP contribution is -2.30. The third-order valence-corrected chi connectivity index (χ3v) is 3.20. The second-order valence-corrected chi connectivity index (χ2v) is 5.08. The van der Waals surface area contributed by atoms with E-state index < -0.39 is 26.9 Å². The number of rotatable bonds is 5. The van der Waals surface area contributed by atoms with Crippen LogP contribution in [0.15, 0.2) is 23.2 Å². The van der Waals surface area contributed by atoms with E-state index in [1.807, 2.05) is 0 Å². The highest BCUT2D eigenvalue weighted by molar-refractivity contribution is 7.89. The Labute approximate surface area is 97.5 Å². The zero-order valence-corrected chi connectivity index (χ0v) is 9.72. The van der Waals surface area contributed by atoms with E-state index in [4.69, 9.17) is 5.11 Å². The summed E-state index contributed by atoms with van der Waals surface area (Å²) in [6.45, 7) is 1.29. The van der Waals surface area contributed by atoms with Gasteiger partial charge in [0.2, 0.25) is 10.0 Å². The molecule has 0 amide bonds. The topological polar surface area (TPSA) is 122 Å². The van der Waals surface area contributed by atoms with Crippen LogP contribution in [0, 0.1) is 10.1 Å². The summed E-state index contributed by atoms with van der Waals surface area (Å²) in [7, 11) is -3.79. The minimum atomic E-state index is -3.79. The maximum absolute atomic E-state index is 11.6. The molecule has 0 saturated heterocycles. The second kappa shape index (κ2) is 5.17. The van der Waals surface area contributed by atoms with E-state index in [1.165, 1.54) is 6.92 Å². The summed E-state index contributed by atoms with van der Waals surface area (Å²) >= 11 is 0. The highest BCUT2D eigenvalue weighted by Gasteiger charge is 2.18. The summed E-state index contributed by atoms with van der Waals surface area (Å²) in [4.78, 5) is 12.8. The number of nitrogens with one attached hydrogen (secondary N) is 1. The maximum Gasteiger partial charge on any atom is 0.363 e. The molecule has 94 valence electrons. The van der Waals surface area contributed by atoms with Crippen molar-refractivity contribution in [3.05, 3.63) is 28.4 Å². The summed E-state index contributed by atoms with van der Waals surface area (Å²) < 4.78 is 25.3. The molecule has 0 unspecified atom stereocenters. The summed E-state index contributed by atoms with van der Waals surface area (Å²) in [5.41, 5.74) is 0. The van der Waals surface area contributed by atoms with Gasteiger partial charge in [-0.05, 0) is 22.9 Å². The van der Waals surface area contributed by atoms with Crippen molar-refractivity contribution in [3.63, 3.8) is 0 Å². The smallest absolute Gasteiger partial charge is 0.363 e. The molecule has 17 heavy (non-hydrogen) atoms. The van der Waals surface area contributed by atoms with Crippen molar-refractivity contribution in [1.29, 1.82) is 0 Å². The minimum Gasteiger partial charge on any atom is -0.392 e. The molecule has 1 atom stereocenters. The van der Waals surface area contributed by atoms with Gasteiger partial charge in [0.05, 0.1) is 6.10 Å². The number of aliphatic hydroxyl groups excluding tert-OH is 1. The van der Waals surface area contributed by atoms with Crippen LogP contribution in [0.4, 0.5) is 5.82 Å². The van der Waals surface area contributed by atoms with Crippen LogP contribution in [0.25, 0.3) is 0 Å². The van der Waals surface area contributed by atoms with Gasteiger partial charge in [0.15, 0.2) is 6.20 Å². The van der Waals surface area contributed by atoms with Crippen LogP contribution in [-0.2, 0) is 10.0 Å². The van der Waals surface area contributed by atoms with Crippen LogP contribution in [0.5, 0.6) is 0 Å². The molecule has 0 aliphatic rings. The van der Waals surface area contributed by atoms with Crippen molar-refractivity contribution < 1.29 is 18.4 Å². The van der Waals surface area contributed by atoms with Gasteiger partial charge in [-0.3, -0.25) is 0 Å². The molecular weight excluding hydrogens is 250 g/mol. The molecule has 0 aromatic carbocycles. The molecule has 1 aromatic rings. The lowest BCUT2D eigenvalue weighted by atomic mass is 10.4. The van der Waals surface area contributed by atoms with Gasteiger partial charge in [0, 0.05) is 12.6 Å². The number of aromatic nitrogens is 1. The first-order valence-electron chi connectivity index (χ1n) is 4.61. The predicted octanol–water partition coefficient (Wildman–Crippen LogP) is -0.351. The molecule has 1 heterocycles. The molecule has 1 rings (SSSR count). The Morgan fingerprint density at radius 2 is 2.24 bits per heavy atom. The first-order valence-corrected chi connectivity index (χ1v) is 6.09. The molecule has 0 fully saturated rings. The first-order chi connectivity index (χ1) is 7.83. The minimum absolute atomic E-state index is 0.140. The van der Waals surface area contributed by atoms with Crippen LogP contribution in [0.1, 0.15) is 6.92 Å². The van der Waals surface area contributed by atoms with Gasteiger partial charge in [0.1, 0.15) is 4.90 Å². The number of hydrogen-bond acceptors (Lipinski definition) is 6. The van der Waals surface area contributed by atoms with Crippen molar-refractivity contribution in [2.45, 2.75) is 17.9 Å². The molecule has 0 spiro atoms. The molecule has 0 aliphatic carbocycles. The van der Waals surface area contributed by atoms with Crippen LogP contribution in [0.3, 0.4) is 0 Å². The van der Waals surface area contributed by atoms with Crippen molar-refractivity contribution in [2.24, 2.45) is 0 Å². The summed E-state index contributed by atoms with van der Waals surface area (Å²) in [6, 6.07) is 2.08. The molecule has 9 heteroatoms. The fraction of sp³-hybridized carbons (Fsp3) is 0.375. The van der Waals surface area contributed by atoms with Crippen LogP contribution in [0.2, 0.25) is 0 Å². The Bertz CT molecular complexity index is 496. The molecule has 2 N–H and O–H groups in total. The van der Waals surface area contributed by atoms with Gasteiger partial charge in [-0.2, -0.15) is 0 Å². The van der Waals surface area contributed by atoms with E-state index in [-0.39, 0.29) is 11.4 Å². The Kier molecular flexibility index (Phi) is 4.10. The number of sulfonamides is 1. The lowest BCUT2D eigenvalue weighted by molar-refractivity contribution is -0.389. The lowest BCUT2D eigenvalue weighted by Gasteiger charge is -2.06. The van der Waals surface area contributed by atoms with Gasteiger partial charge in [-0.25, -0.2) is 13.1 Å². The van der Waals surface area contributed by atoms with E-state index in [2.05, 4.69) is 9.71 Å². The van der Waals surface area contributed by atoms with Gasteiger partial charge in [-0.15, -0.1) is 0 Å². The quantitative estimate of drug-likeness (QED) is 0.551. The zero-order chi connectivity index (χ0) is 13.1. The van der Waals surface area contributed by atoms with E-state index >= 15 is 0 Å². The fourth-order valence-electron chi connectivity index (χ4n) is 0.953.